The lowest BCUT2D eigenvalue weighted by molar-refractivity contribution is 0.0697. The van der Waals surface area contributed by atoms with Gasteiger partial charge in [0, 0.05) is 18.5 Å². The highest BCUT2D eigenvalue weighted by molar-refractivity contribution is 7.91. The summed E-state index contributed by atoms with van der Waals surface area (Å²) in [5.41, 5.74) is 0.00778. The van der Waals surface area contributed by atoms with Crippen molar-refractivity contribution < 1.29 is 18.3 Å². The molecule has 1 aromatic rings. The summed E-state index contributed by atoms with van der Waals surface area (Å²) in [6, 6.07) is 1.20. The molecule has 8 heteroatoms. The van der Waals surface area contributed by atoms with Gasteiger partial charge in [-0.25, -0.2) is 17.9 Å². The average Bonchev–Trinajstić information content (AvgIpc) is 3.05. The highest BCUT2D eigenvalue weighted by atomic mass is 32.2. The standard InChI is InChI=1S/C12H18N2O4S2/c1-2-14-4-3-9(7-14)6-13-20(17,18)11-5-10(8-19-11)12(15)16/h5,8-9,13H,2-4,6-7H2,1H3,(H,15,16). The van der Waals surface area contributed by atoms with Crippen molar-refractivity contribution in [2.24, 2.45) is 5.92 Å². The maximum Gasteiger partial charge on any atom is 0.336 e. The molecular weight excluding hydrogens is 300 g/mol. The maximum atomic E-state index is 12.1. The van der Waals surface area contributed by atoms with Gasteiger partial charge < -0.3 is 10.0 Å². The van der Waals surface area contributed by atoms with Crippen LogP contribution in [0.4, 0.5) is 0 Å². The zero-order valence-corrected chi connectivity index (χ0v) is 12.8. The first-order valence-corrected chi connectivity index (χ1v) is 8.82. The highest BCUT2D eigenvalue weighted by Gasteiger charge is 2.24. The molecule has 2 N–H and O–H groups in total. The van der Waals surface area contributed by atoms with E-state index in [0.717, 1.165) is 37.4 Å². The zero-order chi connectivity index (χ0) is 14.8. The summed E-state index contributed by atoms with van der Waals surface area (Å²) < 4.78 is 26.8. The van der Waals surface area contributed by atoms with E-state index in [0.29, 0.717) is 12.5 Å². The van der Waals surface area contributed by atoms with Gasteiger partial charge in [0.1, 0.15) is 4.21 Å². The lowest BCUT2D eigenvalue weighted by atomic mass is 10.1. The van der Waals surface area contributed by atoms with E-state index in [4.69, 9.17) is 5.11 Å². The zero-order valence-electron chi connectivity index (χ0n) is 11.2. The number of carboxylic acids is 1. The number of carboxylic acid groups (broad SMARTS) is 1. The van der Waals surface area contributed by atoms with E-state index >= 15 is 0 Å². The third-order valence-corrected chi connectivity index (χ3v) is 6.33. The Hall–Kier alpha value is -0.960. The van der Waals surface area contributed by atoms with Gasteiger partial charge in [-0.1, -0.05) is 6.92 Å². The quantitative estimate of drug-likeness (QED) is 0.819. The fourth-order valence-electron chi connectivity index (χ4n) is 2.24. The van der Waals surface area contributed by atoms with Crippen LogP contribution < -0.4 is 4.72 Å². The largest absolute Gasteiger partial charge is 0.478 e. The summed E-state index contributed by atoms with van der Waals surface area (Å²) in [5, 5.41) is 10.1. The Balaban J connectivity index is 1.95. The van der Waals surface area contributed by atoms with E-state index in [1.165, 1.54) is 11.4 Å². The third-order valence-electron chi connectivity index (χ3n) is 3.47. The molecule has 1 saturated heterocycles. The summed E-state index contributed by atoms with van der Waals surface area (Å²) in [5.74, 6) is -0.791. The monoisotopic (exact) mass is 318 g/mol. The van der Waals surface area contributed by atoms with Crippen LogP contribution in [0.1, 0.15) is 23.7 Å². The fraction of sp³-hybridized carbons (Fsp3) is 0.583. The summed E-state index contributed by atoms with van der Waals surface area (Å²) in [6.07, 6.45) is 0.987. The molecule has 0 aliphatic carbocycles. The minimum atomic E-state index is -3.60. The molecule has 1 unspecified atom stereocenters. The second-order valence-corrected chi connectivity index (χ2v) is 7.76. The van der Waals surface area contributed by atoms with Crippen LogP contribution >= 0.6 is 11.3 Å². The molecule has 0 aromatic carbocycles. The molecule has 0 spiro atoms. The van der Waals surface area contributed by atoms with Crippen LogP contribution in [-0.4, -0.2) is 50.6 Å². The Kier molecular flexibility index (Phi) is 4.79. The molecule has 1 aromatic heterocycles. The van der Waals surface area contributed by atoms with E-state index in [-0.39, 0.29) is 9.77 Å². The van der Waals surface area contributed by atoms with Crippen molar-refractivity contribution >= 4 is 27.3 Å². The number of rotatable bonds is 6. The van der Waals surface area contributed by atoms with E-state index in [1.54, 1.807) is 0 Å². The molecule has 2 heterocycles. The molecule has 1 aliphatic heterocycles. The van der Waals surface area contributed by atoms with E-state index in [2.05, 4.69) is 16.5 Å². The van der Waals surface area contributed by atoms with Gasteiger partial charge in [-0.3, -0.25) is 0 Å². The Bertz CT molecular complexity index is 582. The SMILES string of the molecule is CCN1CCC(CNS(=O)(=O)c2cc(C(=O)O)cs2)C1. The average molecular weight is 318 g/mol. The number of hydrogen-bond donors (Lipinski definition) is 2. The van der Waals surface area contributed by atoms with Gasteiger partial charge in [0.2, 0.25) is 10.0 Å². The second-order valence-electron chi connectivity index (χ2n) is 4.86. The number of carbonyl (C=O) groups is 1. The lowest BCUT2D eigenvalue weighted by Crippen LogP contribution is -2.30. The first kappa shape index (κ1) is 15.4. The van der Waals surface area contributed by atoms with Gasteiger partial charge in [0.05, 0.1) is 5.56 Å². The topological polar surface area (TPSA) is 86.7 Å². The molecule has 0 radical (unpaired) electrons. The summed E-state index contributed by atoms with van der Waals surface area (Å²) in [6.45, 7) is 5.38. The molecule has 0 bridgehead atoms. The molecule has 6 nitrogen and oxygen atoms in total. The number of nitrogens with one attached hydrogen (secondary N) is 1. The van der Waals surface area contributed by atoms with Crippen molar-refractivity contribution in [2.45, 2.75) is 17.6 Å². The first-order valence-electron chi connectivity index (χ1n) is 6.46. The van der Waals surface area contributed by atoms with Gasteiger partial charge in [-0.2, -0.15) is 0 Å². The second kappa shape index (κ2) is 6.21. The Morgan fingerprint density at radius 3 is 2.90 bits per heavy atom. The number of nitrogens with zero attached hydrogens (tertiary/aromatic N) is 1. The van der Waals surface area contributed by atoms with Crippen LogP contribution in [0.15, 0.2) is 15.7 Å². The minimum absolute atomic E-state index is 0.00778. The van der Waals surface area contributed by atoms with E-state index in [9.17, 15) is 13.2 Å². The molecule has 1 atom stereocenters. The van der Waals surface area contributed by atoms with Crippen LogP contribution in [0, 0.1) is 5.92 Å². The molecule has 0 saturated carbocycles. The van der Waals surface area contributed by atoms with Crippen LogP contribution in [0.3, 0.4) is 0 Å². The minimum Gasteiger partial charge on any atom is -0.478 e. The van der Waals surface area contributed by atoms with E-state index in [1.807, 2.05) is 0 Å². The Labute approximate surface area is 122 Å². The van der Waals surface area contributed by atoms with Gasteiger partial charge in [0.15, 0.2) is 0 Å². The molecule has 20 heavy (non-hydrogen) atoms. The van der Waals surface area contributed by atoms with Crippen LogP contribution in [0.5, 0.6) is 0 Å². The Morgan fingerprint density at radius 1 is 1.60 bits per heavy atom. The summed E-state index contributed by atoms with van der Waals surface area (Å²) in [7, 11) is -3.60. The van der Waals surface area contributed by atoms with Gasteiger partial charge in [-0.05, 0) is 31.5 Å². The van der Waals surface area contributed by atoms with Crippen LogP contribution in [-0.2, 0) is 10.0 Å². The number of likely N-dealkylation sites (tertiary alicyclic amines) is 1. The first-order chi connectivity index (χ1) is 9.42. The van der Waals surface area contributed by atoms with Crippen molar-refractivity contribution in [3.8, 4) is 0 Å². The number of hydrogen-bond acceptors (Lipinski definition) is 5. The summed E-state index contributed by atoms with van der Waals surface area (Å²) >= 11 is 0.931. The molecule has 1 fully saturated rings. The summed E-state index contributed by atoms with van der Waals surface area (Å²) in [4.78, 5) is 13.0. The van der Waals surface area contributed by atoms with Gasteiger partial charge in [-0.15, -0.1) is 11.3 Å². The lowest BCUT2D eigenvalue weighted by Gasteiger charge is -2.13. The van der Waals surface area contributed by atoms with Crippen molar-refractivity contribution in [3.63, 3.8) is 0 Å². The predicted octanol–water partition coefficient (Wildman–Crippen LogP) is 1.07. The molecular formula is C12H18N2O4S2. The molecule has 112 valence electrons. The van der Waals surface area contributed by atoms with Crippen LogP contribution in [0.2, 0.25) is 0 Å². The molecule has 0 amide bonds. The molecule has 1 aliphatic rings. The van der Waals surface area contributed by atoms with Crippen molar-refractivity contribution in [1.29, 1.82) is 0 Å². The number of sulfonamides is 1. The van der Waals surface area contributed by atoms with Crippen molar-refractivity contribution in [3.05, 3.63) is 17.0 Å². The smallest absolute Gasteiger partial charge is 0.336 e. The Morgan fingerprint density at radius 2 is 2.35 bits per heavy atom. The number of thiophene rings is 1. The van der Waals surface area contributed by atoms with Gasteiger partial charge in [0.25, 0.3) is 0 Å². The van der Waals surface area contributed by atoms with Crippen LogP contribution in [0.25, 0.3) is 0 Å². The number of aromatic carboxylic acids is 1. The fourth-order valence-corrected chi connectivity index (χ4v) is 4.55. The van der Waals surface area contributed by atoms with Crippen molar-refractivity contribution in [1.82, 2.24) is 9.62 Å². The normalized spacial score (nSPS) is 20.4. The van der Waals surface area contributed by atoms with Gasteiger partial charge >= 0.3 is 5.97 Å². The maximum absolute atomic E-state index is 12.1. The third kappa shape index (κ3) is 3.57. The highest BCUT2D eigenvalue weighted by Crippen LogP contribution is 2.21. The van der Waals surface area contributed by atoms with E-state index < -0.39 is 16.0 Å². The predicted molar refractivity (Wildman–Crippen MR) is 76.7 cm³/mol. The molecule has 2 rings (SSSR count). The van der Waals surface area contributed by atoms with Crippen molar-refractivity contribution in [2.75, 3.05) is 26.2 Å².